The number of non-ortho nitro benzene ring substituents is 1. The van der Waals surface area contributed by atoms with Crippen molar-refractivity contribution in [3.63, 3.8) is 0 Å². The van der Waals surface area contributed by atoms with Gasteiger partial charge in [0.15, 0.2) is 5.60 Å². The van der Waals surface area contributed by atoms with Crippen LogP contribution in [0.25, 0.3) is 0 Å². The zero-order valence-electron chi connectivity index (χ0n) is 14.4. The standard InChI is InChI=1S/C20H19ClN2O3/c1-3-20(26-19-9-8-16(23(24)25)14-17(19)21)10-12-22(13-11-20)18-7-5-4-6-15(18)2/h1,4-9,14H,10-13H2,2H3. The highest BCUT2D eigenvalue weighted by atomic mass is 35.5. The minimum Gasteiger partial charge on any atom is -0.473 e. The molecule has 1 aliphatic heterocycles. The molecule has 1 heterocycles. The van der Waals surface area contributed by atoms with E-state index in [-0.39, 0.29) is 10.7 Å². The van der Waals surface area contributed by atoms with E-state index in [1.807, 2.05) is 12.1 Å². The molecule has 134 valence electrons. The molecule has 0 N–H and O–H groups in total. The molecular weight excluding hydrogens is 352 g/mol. The predicted molar refractivity (Wildman–Crippen MR) is 103 cm³/mol. The van der Waals surface area contributed by atoms with E-state index in [4.69, 9.17) is 22.8 Å². The summed E-state index contributed by atoms with van der Waals surface area (Å²) in [6.07, 6.45) is 7.07. The highest BCUT2D eigenvalue weighted by Crippen LogP contribution is 2.36. The van der Waals surface area contributed by atoms with Gasteiger partial charge in [0.2, 0.25) is 0 Å². The van der Waals surface area contributed by atoms with Crippen molar-refractivity contribution < 1.29 is 9.66 Å². The second-order valence-corrected chi connectivity index (χ2v) is 6.79. The molecule has 0 atom stereocenters. The Morgan fingerprint density at radius 2 is 1.96 bits per heavy atom. The number of piperidine rings is 1. The molecule has 0 aliphatic carbocycles. The minimum atomic E-state index is -0.765. The van der Waals surface area contributed by atoms with Crippen molar-refractivity contribution in [2.45, 2.75) is 25.4 Å². The van der Waals surface area contributed by atoms with Crippen LogP contribution in [0.4, 0.5) is 11.4 Å². The molecule has 2 aromatic rings. The fourth-order valence-corrected chi connectivity index (χ4v) is 3.41. The molecule has 0 radical (unpaired) electrons. The summed E-state index contributed by atoms with van der Waals surface area (Å²) in [6, 6.07) is 12.4. The molecule has 1 aliphatic rings. The van der Waals surface area contributed by atoms with Crippen LogP contribution in [0.15, 0.2) is 42.5 Å². The van der Waals surface area contributed by atoms with E-state index in [0.717, 1.165) is 13.1 Å². The van der Waals surface area contributed by atoms with Crippen molar-refractivity contribution in [2.75, 3.05) is 18.0 Å². The Morgan fingerprint density at radius 1 is 1.27 bits per heavy atom. The third kappa shape index (κ3) is 3.61. The largest absolute Gasteiger partial charge is 0.473 e. The highest BCUT2D eigenvalue weighted by Gasteiger charge is 2.36. The maximum Gasteiger partial charge on any atom is 0.271 e. The maximum absolute atomic E-state index is 10.8. The monoisotopic (exact) mass is 370 g/mol. The van der Waals surface area contributed by atoms with Crippen LogP contribution in [0.1, 0.15) is 18.4 Å². The highest BCUT2D eigenvalue weighted by molar-refractivity contribution is 6.32. The predicted octanol–water partition coefficient (Wildman–Crippen LogP) is 4.61. The van der Waals surface area contributed by atoms with Crippen molar-refractivity contribution in [2.24, 2.45) is 0 Å². The number of rotatable bonds is 4. The zero-order chi connectivity index (χ0) is 18.7. The third-order valence-corrected chi connectivity index (χ3v) is 5.02. The van der Waals surface area contributed by atoms with Gasteiger partial charge in [-0.2, -0.15) is 0 Å². The molecule has 2 aromatic carbocycles. The number of halogens is 1. The lowest BCUT2D eigenvalue weighted by Crippen LogP contribution is -2.47. The molecular formula is C20H19ClN2O3. The molecule has 1 fully saturated rings. The summed E-state index contributed by atoms with van der Waals surface area (Å²) in [5.41, 5.74) is 1.58. The summed E-state index contributed by atoms with van der Waals surface area (Å²) in [5, 5.41) is 11.0. The van der Waals surface area contributed by atoms with Gasteiger partial charge in [0.05, 0.1) is 9.95 Å². The first kappa shape index (κ1) is 18.1. The number of aryl methyl sites for hydroxylation is 1. The number of ether oxygens (including phenoxy) is 1. The van der Waals surface area contributed by atoms with Crippen LogP contribution in [0.3, 0.4) is 0 Å². The molecule has 3 rings (SSSR count). The number of nitrogens with zero attached hydrogens (tertiary/aromatic N) is 2. The van der Waals surface area contributed by atoms with Crippen molar-refractivity contribution in [1.29, 1.82) is 0 Å². The molecule has 26 heavy (non-hydrogen) atoms. The molecule has 0 saturated carbocycles. The van der Waals surface area contributed by atoms with Crippen LogP contribution in [0.2, 0.25) is 5.02 Å². The molecule has 6 heteroatoms. The van der Waals surface area contributed by atoms with E-state index >= 15 is 0 Å². The summed E-state index contributed by atoms with van der Waals surface area (Å²) in [6.45, 7) is 3.62. The quantitative estimate of drug-likeness (QED) is 0.448. The van der Waals surface area contributed by atoms with Gasteiger partial charge < -0.3 is 9.64 Å². The van der Waals surface area contributed by atoms with Gasteiger partial charge >= 0.3 is 0 Å². The summed E-state index contributed by atoms with van der Waals surface area (Å²) in [5.74, 6) is 3.15. The lowest BCUT2D eigenvalue weighted by atomic mass is 9.91. The topological polar surface area (TPSA) is 55.6 Å². The Morgan fingerprint density at radius 3 is 2.54 bits per heavy atom. The minimum absolute atomic E-state index is 0.0773. The van der Waals surface area contributed by atoms with Crippen molar-refractivity contribution in [1.82, 2.24) is 0 Å². The Bertz CT molecular complexity index is 868. The van der Waals surface area contributed by atoms with Gasteiger partial charge in [-0.25, -0.2) is 0 Å². The summed E-state index contributed by atoms with van der Waals surface area (Å²) in [7, 11) is 0. The second kappa shape index (κ2) is 7.27. The van der Waals surface area contributed by atoms with Crippen LogP contribution < -0.4 is 9.64 Å². The molecule has 1 saturated heterocycles. The van der Waals surface area contributed by atoms with Crippen molar-refractivity contribution in [3.05, 3.63) is 63.2 Å². The normalized spacial score (nSPS) is 16.0. The van der Waals surface area contributed by atoms with Crippen molar-refractivity contribution in [3.8, 4) is 18.1 Å². The number of terminal acetylenes is 1. The lowest BCUT2D eigenvalue weighted by Gasteiger charge is -2.40. The third-order valence-electron chi connectivity index (χ3n) is 4.72. The van der Waals surface area contributed by atoms with E-state index in [2.05, 4.69) is 29.9 Å². The van der Waals surface area contributed by atoms with Crippen LogP contribution in [0, 0.1) is 29.4 Å². The number of hydrogen-bond acceptors (Lipinski definition) is 4. The average molecular weight is 371 g/mol. The number of para-hydroxylation sites is 1. The van der Waals surface area contributed by atoms with Crippen molar-refractivity contribution >= 4 is 23.0 Å². The van der Waals surface area contributed by atoms with Crippen LogP contribution in [-0.4, -0.2) is 23.6 Å². The number of nitro benzene ring substituents is 1. The van der Waals surface area contributed by atoms with Crippen LogP contribution in [-0.2, 0) is 0 Å². The lowest BCUT2D eigenvalue weighted by molar-refractivity contribution is -0.384. The van der Waals surface area contributed by atoms with Gasteiger partial charge in [-0.05, 0) is 24.6 Å². The van der Waals surface area contributed by atoms with E-state index in [1.165, 1.54) is 29.4 Å². The molecule has 0 amide bonds. The average Bonchev–Trinajstić information content (AvgIpc) is 2.64. The Balaban J connectivity index is 1.75. The first-order valence-electron chi connectivity index (χ1n) is 8.35. The fraction of sp³-hybridized carbons (Fsp3) is 0.300. The van der Waals surface area contributed by atoms with E-state index < -0.39 is 10.5 Å². The molecule has 0 unspecified atom stereocenters. The second-order valence-electron chi connectivity index (χ2n) is 6.39. The van der Waals surface area contributed by atoms with Gasteiger partial charge in [-0.3, -0.25) is 10.1 Å². The molecule has 0 spiro atoms. The first-order chi connectivity index (χ1) is 12.4. The number of anilines is 1. The number of hydrogen-bond donors (Lipinski definition) is 0. The Labute approximate surface area is 157 Å². The Kier molecular flexibility index (Phi) is 5.06. The van der Waals surface area contributed by atoms with E-state index in [1.54, 1.807) is 0 Å². The summed E-state index contributed by atoms with van der Waals surface area (Å²) >= 11 is 6.15. The molecule has 0 bridgehead atoms. The maximum atomic E-state index is 10.8. The summed E-state index contributed by atoms with van der Waals surface area (Å²) in [4.78, 5) is 12.6. The molecule has 0 aromatic heterocycles. The Hall–Kier alpha value is -2.71. The van der Waals surface area contributed by atoms with Crippen LogP contribution >= 0.6 is 11.6 Å². The smallest absolute Gasteiger partial charge is 0.271 e. The van der Waals surface area contributed by atoms with E-state index in [9.17, 15) is 10.1 Å². The fourth-order valence-electron chi connectivity index (χ4n) is 3.20. The summed E-state index contributed by atoms with van der Waals surface area (Å²) < 4.78 is 6.05. The van der Waals surface area contributed by atoms with Gasteiger partial charge in [0, 0.05) is 43.8 Å². The van der Waals surface area contributed by atoms with Gasteiger partial charge in [0.1, 0.15) is 5.75 Å². The van der Waals surface area contributed by atoms with Gasteiger partial charge in [-0.1, -0.05) is 35.7 Å². The molecule has 5 nitrogen and oxygen atoms in total. The SMILES string of the molecule is C#CC1(Oc2ccc([N+](=O)[O-])cc2Cl)CCN(c2ccccc2C)CC1. The number of nitro groups is 1. The zero-order valence-corrected chi connectivity index (χ0v) is 15.2. The van der Waals surface area contributed by atoms with Gasteiger partial charge in [0.25, 0.3) is 5.69 Å². The number of benzene rings is 2. The van der Waals surface area contributed by atoms with E-state index in [0.29, 0.717) is 18.6 Å². The first-order valence-corrected chi connectivity index (χ1v) is 8.73. The van der Waals surface area contributed by atoms with Gasteiger partial charge in [-0.15, -0.1) is 6.42 Å². The van der Waals surface area contributed by atoms with Crippen LogP contribution in [0.5, 0.6) is 5.75 Å².